The average Bonchev–Trinajstić information content (AvgIpc) is 3.03. The standard InChI is InChI=1S/C29H48O/c1-18(2)19-8-9-20-21-10-11-23-22(28(21,6)17-16-27(19,20)5)12-13-24-26(3,4)25(30)14-15-29(23,24)7/h11,18-22,24-25,30H,8-10,12-17H2,1-7H3. The van der Waals surface area contributed by atoms with Crippen LogP contribution >= 0.6 is 0 Å². The molecule has 5 aliphatic rings. The Balaban J connectivity index is 1.51. The minimum Gasteiger partial charge on any atom is -0.393 e. The molecule has 0 saturated heterocycles. The normalized spacial score (nSPS) is 54.6. The van der Waals surface area contributed by atoms with Crippen LogP contribution in [0.5, 0.6) is 0 Å². The zero-order valence-corrected chi connectivity index (χ0v) is 20.9. The van der Waals surface area contributed by atoms with Gasteiger partial charge >= 0.3 is 0 Å². The van der Waals surface area contributed by atoms with E-state index in [1.54, 1.807) is 0 Å². The van der Waals surface area contributed by atoms with Gasteiger partial charge in [0, 0.05) is 0 Å². The molecule has 1 heteroatoms. The molecule has 0 aliphatic heterocycles. The lowest BCUT2D eigenvalue weighted by atomic mass is 9.39. The van der Waals surface area contributed by atoms with E-state index >= 15 is 0 Å². The molecule has 30 heavy (non-hydrogen) atoms. The quantitative estimate of drug-likeness (QED) is 0.439. The summed E-state index contributed by atoms with van der Waals surface area (Å²) < 4.78 is 0. The molecule has 1 nitrogen and oxygen atoms in total. The third-order valence-corrected chi connectivity index (χ3v) is 12.5. The van der Waals surface area contributed by atoms with Gasteiger partial charge in [0.2, 0.25) is 0 Å². The summed E-state index contributed by atoms with van der Waals surface area (Å²) in [7, 11) is 0. The minimum absolute atomic E-state index is 0.0532. The maximum Gasteiger partial charge on any atom is 0.0594 e. The smallest absolute Gasteiger partial charge is 0.0594 e. The Morgan fingerprint density at radius 3 is 2.23 bits per heavy atom. The Bertz CT molecular complexity index is 733. The van der Waals surface area contributed by atoms with E-state index in [1.807, 2.05) is 5.57 Å². The fraction of sp³-hybridized carbons (Fsp3) is 0.931. The number of aliphatic hydroxyl groups is 1. The Morgan fingerprint density at radius 1 is 0.833 bits per heavy atom. The van der Waals surface area contributed by atoms with Crippen LogP contribution in [0.2, 0.25) is 0 Å². The molecule has 9 unspecified atom stereocenters. The molecule has 4 saturated carbocycles. The second kappa shape index (κ2) is 6.61. The summed E-state index contributed by atoms with van der Waals surface area (Å²) in [6.07, 6.45) is 14.7. The number of allylic oxidation sites excluding steroid dienone is 2. The molecule has 1 N–H and O–H groups in total. The van der Waals surface area contributed by atoms with Crippen LogP contribution in [-0.2, 0) is 0 Å². The zero-order chi connectivity index (χ0) is 21.7. The highest BCUT2D eigenvalue weighted by Gasteiger charge is 2.64. The molecule has 0 radical (unpaired) electrons. The molecule has 5 rings (SSSR count). The molecule has 0 heterocycles. The van der Waals surface area contributed by atoms with E-state index in [-0.39, 0.29) is 11.5 Å². The summed E-state index contributed by atoms with van der Waals surface area (Å²) in [4.78, 5) is 0. The van der Waals surface area contributed by atoms with E-state index < -0.39 is 0 Å². The maximum atomic E-state index is 10.8. The minimum atomic E-state index is -0.124. The Hall–Kier alpha value is -0.300. The van der Waals surface area contributed by atoms with Crippen molar-refractivity contribution in [2.24, 2.45) is 57.2 Å². The predicted molar refractivity (Wildman–Crippen MR) is 126 cm³/mol. The lowest BCUT2D eigenvalue weighted by molar-refractivity contribution is -0.129. The zero-order valence-electron chi connectivity index (χ0n) is 20.9. The monoisotopic (exact) mass is 412 g/mol. The van der Waals surface area contributed by atoms with Crippen LogP contribution in [0.4, 0.5) is 0 Å². The first-order valence-corrected chi connectivity index (χ1v) is 13.3. The van der Waals surface area contributed by atoms with Crippen molar-refractivity contribution in [2.45, 2.75) is 112 Å². The maximum absolute atomic E-state index is 10.8. The molecular weight excluding hydrogens is 364 g/mol. The molecule has 4 fully saturated rings. The number of aliphatic hydroxyl groups excluding tert-OH is 1. The van der Waals surface area contributed by atoms with Crippen molar-refractivity contribution in [3.05, 3.63) is 11.6 Å². The van der Waals surface area contributed by atoms with E-state index in [1.165, 1.54) is 51.4 Å². The molecule has 0 aromatic carbocycles. The third-order valence-electron chi connectivity index (χ3n) is 12.5. The largest absolute Gasteiger partial charge is 0.393 e. The number of hydrogen-bond donors (Lipinski definition) is 1. The first-order valence-electron chi connectivity index (χ1n) is 13.3. The molecule has 9 atom stereocenters. The van der Waals surface area contributed by atoms with E-state index in [4.69, 9.17) is 0 Å². The van der Waals surface area contributed by atoms with Crippen LogP contribution in [0.15, 0.2) is 11.6 Å². The Morgan fingerprint density at radius 2 is 1.53 bits per heavy atom. The van der Waals surface area contributed by atoms with Gasteiger partial charge in [-0.1, -0.05) is 60.1 Å². The van der Waals surface area contributed by atoms with Gasteiger partial charge in [0.25, 0.3) is 0 Å². The second-order valence-electron chi connectivity index (χ2n) is 14.0. The second-order valence-corrected chi connectivity index (χ2v) is 14.0. The van der Waals surface area contributed by atoms with E-state index in [0.717, 1.165) is 36.0 Å². The molecule has 170 valence electrons. The molecule has 0 aromatic heterocycles. The van der Waals surface area contributed by atoms with Crippen molar-refractivity contribution in [3.8, 4) is 0 Å². The van der Waals surface area contributed by atoms with Crippen molar-refractivity contribution in [3.63, 3.8) is 0 Å². The van der Waals surface area contributed by atoms with Crippen LogP contribution in [0.25, 0.3) is 0 Å². The number of rotatable bonds is 1. The van der Waals surface area contributed by atoms with Gasteiger partial charge in [0.1, 0.15) is 0 Å². The predicted octanol–water partition coefficient (Wildman–Crippen LogP) is 7.63. The van der Waals surface area contributed by atoms with Crippen LogP contribution in [0, 0.1) is 57.2 Å². The highest BCUT2D eigenvalue weighted by atomic mass is 16.3. The Kier molecular flexibility index (Phi) is 4.75. The van der Waals surface area contributed by atoms with Crippen LogP contribution < -0.4 is 0 Å². The third kappa shape index (κ3) is 2.57. The van der Waals surface area contributed by atoms with Crippen LogP contribution in [0.3, 0.4) is 0 Å². The van der Waals surface area contributed by atoms with Crippen molar-refractivity contribution in [1.82, 2.24) is 0 Å². The summed E-state index contributed by atoms with van der Waals surface area (Å²) in [5.41, 5.74) is 3.30. The molecule has 0 bridgehead atoms. The number of hydrogen-bond acceptors (Lipinski definition) is 1. The molecule has 5 aliphatic carbocycles. The van der Waals surface area contributed by atoms with Crippen molar-refractivity contribution < 1.29 is 5.11 Å². The summed E-state index contributed by atoms with van der Waals surface area (Å²) in [5, 5.41) is 10.8. The van der Waals surface area contributed by atoms with Crippen molar-refractivity contribution in [2.75, 3.05) is 0 Å². The highest BCUT2D eigenvalue weighted by molar-refractivity contribution is 5.31. The SMILES string of the molecule is CC(C)C1CCC2C3CC=C4C(CCC5C4(C)CCC(O)C5(C)C)C3(C)CCC12C. The van der Waals surface area contributed by atoms with Gasteiger partial charge in [-0.15, -0.1) is 0 Å². The van der Waals surface area contributed by atoms with Gasteiger partial charge < -0.3 is 5.11 Å². The highest BCUT2D eigenvalue weighted by Crippen LogP contribution is 2.72. The van der Waals surface area contributed by atoms with Gasteiger partial charge in [-0.25, -0.2) is 0 Å². The first-order chi connectivity index (χ1) is 14.0. The molecular formula is C29H48O. The van der Waals surface area contributed by atoms with E-state index in [2.05, 4.69) is 54.5 Å². The fourth-order valence-electron chi connectivity index (χ4n) is 10.7. The van der Waals surface area contributed by atoms with Crippen molar-refractivity contribution in [1.29, 1.82) is 0 Å². The Labute approximate surface area is 186 Å². The van der Waals surface area contributed by atoms with E-state index in [0.29, 0.717) is 22.2 Å². The molecule has 0 amide bonds. The molecule has 0 spiro atoms. The summed E-state index contributed by atoms with van der Waals surface area (Å²) in [6.45, 7) is 17.6. The first kappa shape index (κ1) is 21.5. The lowest BCUT2D eigenvalue weighted by Crippen LogP contribution is -2.58. The molecule has 0 aromatic rings. The van der Waals surface area contributed by atoms with Crippen LogP contribution in [0.1, 0.15) is 106 Å². The van der Waals surface area contributed by atoms with Gasteiger partial charge in [-0.05, 0) is 115 Å². The van der Waals surface area contributed by atoms with Crippen LogP contribution in [-0.4, -0.2) is 11.2 Å². The van der Waals surface area contributed by atoms with Gasteiger partial charge in [0.05, 0.1) is 6.10 Å². The summed E-state index contributed by atoms with van der Waals surface area (Å²) >= 11 is 0. The van der Waals surface area contributed by atoms with Gasteiger partial charge in [0.15, 0.2) is 0 Å². The summed E-state index contributed by atoms with van der Waals surface area (Å²) in [6, 6.07) is 0. The fourth-order valence-corrected chi connectivity index (χ4v) is 10.7. The van der Waals surface area contributed by atoms with Gasteiger partial charge in [-0.3, -0.25) is 0 Å². The van der Waals surface area contributed by atoms with Crippen molar-refractivity contribution >= 4 is 0 Å². The van der Waals surface area contributed by atoms with E-state index in [9.17, 15) is 5.11 Å². The lowest BCUT2D eigenvalue weighted by Gasteiger charge is -2.65. The topological polar surface area (TPSA) is 20.2 Å². The number of fused-ring (bicyclic) bond motifs is 7. The van der Waals surface area contributed by atoms with Gasteiger partial charge in [-0.2, -0.15) is 0 Å². The summed E-state index contributed by atoms with van der Waals surface area (Å²) in [5.74, 6) is 5.05. The average molecular weight is 413 g/mol.